The SMILES string of the molecule is CC(C)=C[C@H]1[C@H](C(=O)N/N=C\c2ccc([N+](=O)[O-])cc2)C1(C)C. The van der Waals surface area contributed by atoms with Crippen molar-refractivity contribution < 1.29 is 9.72 Å². The van der Waals surface area contributed by atoms with Crippen LogP contribution < -0.4 is 5.43 Å². The van der Waals surface area contributed by atoms with Gasteiger partial charge in [-0.1, -0.05) is 25.5 Å². The molecule has 1 aromatic carbocycles. The Morgan fingerprint density at radius 2 is 1.91 bits per heavy atom. The molecule has 1 aliphatic carbocycles. The number of nitrogens with one attached hydrogen (secondary N) is 1. The maximum absolute atomic E-state index is 12.2. The number of carbonyl (C=O) groups excluding carboxylic acids is 1. The predicted octanol–water partition coefficient (Wildman–Crippen LogP) is 3.28. The van der Waals surface area contributed by atoms with Crippen molar-refractivity contribution in [2.45, 2.75) is 27.7 Å². The number of hydrogen-bond acceptors (Lipinski definition) is 4. The smallest absolute Gasteiger partial charge is 0.269 e. The van der Waals surface area contributed by atoms with Crippen molar-refractivity contribution in [3.63, 3.8) is 0 Å². The first-order valence-electron chi connectivity index (χ1n) is 7.46. The summed E-state index contributed by atoms with van der Waals surface area (Å²) in [5.74, 6) is 0.0594. The lowest BCUT2D eigenvalue weighted by Crippen LogP contribution is -2.21. The number of hydrazone groups is 1. The molecular formula is C17H21N3O3. The van der Waals surface area contributed by atoms with Crippen molar-refractivity contribution >= 4 is 17.8 Å². The Bertz CT molecular complexity index is 671. The highest BCUT2D eigenvalue weighted by Gasteiger charge is 2.60. The van der Waals surface area contributed by atoms with Gasteiger partial charge in [-0.15, -0.1) is 0 Å². The van der Waals surface area contributed by atoms with E-state index < -0.39 is 4.92 Å². The second kappa shape index (κ2) is 6.32. The minimum Gasteiger partial charge on any atom is -0.273 e. The summed E-state index contributed by atoms with van der Waals surface area (Å²) in [5.41, 5.74) is 4.42. The number of carbonyl (C=O) groups is 1. The third-order valence-electron chi connectivity index (χ3n) is 4.20. The van der Waals surface area contributed by atoms with E-state index in [4.69, 9.17) is 0 Å². The second-order valence-corrected chi connectivity index (χ2v) is 6.65. The zero-order valence-corrected chi connectivity index (χ0v) is 13.7. The highest BCUT2D eigenvalue weighted by atomic mass is 16.6. The molecule has 0 unspecified atom stereocenters. The van der Waals surface area contributed by atoms with Gasteiger partial charge in [0.2, 0.25) is 5.91 Å². The third-order valence-corrected chi connectivity index (χ3v) is 4.20. The zero-order valence-electron chi connectivity index (χ0n) is 13.7. The number of hydrogen-bond donors (Lipinski definition) is 1. The van der Waals surface area contributed by atoms with E-state index in [-0.39, 0.29) is 28.8 Å². The summed E-state index contributed by atoms with van der Waals surface area (Å²) >= 11 is 0. The lowest BCUT2D eigenvalue weighted by atomic mass is 10.1. The first kappa shape index (κ1) is 16.9. The van der Waals surface area contributed by atoms with Gasteiger partial charge in [0.1, 0.15) is 0 Å². The van der Waals surface area contributed by atoms with Crippen LogP contribution in [0.15, 0.2) is 41.0 Å². The van der Waals surface area contributed by atoms with Crippen LogP contribution in [0.25, 0.3) is 0 Å². The normalized spacial score (nSPS) is 21.7. The molecule has 122 valence electrons. The Hall–Kier alpha value is -2.50. The average Bonchev–Trinajstić information content (AvgIpc) is 2.99. The standard InChI is InChI=1S/C17H21N3O3/c1-11(2)9-14-15(17(14,3)4)16(21)19-18-10-12-5-7-13(8-6-12)20(22)23/h5-10,14-15H,1-4H3,(H,19,21)/b18-10-/t14-,15+/m0/s1. The fraction of sp³-hybridized carbons (Fsp3) is 0.412. The lowest BCUT2D eigenvalue weighted by Gasteiger charge is -2.00. The fourth-order valence-corrected chi connectivity index (χ4v) is 2.77. The molecule has 23 heavy (non-hydrogen) atoms. The lowest BCUT2D eigenvalue weighted by molar-refractivity contribution is -0.384. The van der Waals surface area contributed by atoms with Crippen LogP contribution in [0.4, 0.5) is 5.69 Å². The van der Waals surface area contributed by atoms with Crippen LogP contribution in [0.5, 0.6) is 0 Å². The van der Waals surface area contributed by atoms with E-state index in [1.807, 2.05) is 13.8 Å². The largest absolute Gasteiger partial charge is 0.273 e. The molecule has 0 radical (unpaired) electrons. The number of rotatable bonds is 5. The Labute approximate surface area is 135 Å². The van der Waals surface area contributed by atoms with Gasteiger partial charge in [-0.2, -0.15) is 5.10 Å². The minimum absolute atomic E-state index is 0.0236. The molecule has 1 saturated carbocycles. The number of non-ortho nitro benzene ring substituents is 1. The fourth-order valence-electron chi connectivity index (χ4n) is 2.77. The van der Waals surface area contributed by atoms with Crippen molar-refractivity contribution in [2.24, 2.45) is 22.4 Å². The Kier molecular flexibility index (Phi) is 4.63. The van der Waals surface area contributed by atoms with Gasteiger partial charge in [-0.05, 0) is 42.9 Å². The molecule has 0 spiro atoms. The summed E-state index contributed by atoms with van der Waals surface area (Å²) in [5, 5.41) is 14.5. The number of nitro groups is 1. The van der Waals surface area contributed by atoms with Crippen LogP contribution in [-0.2, 0) is 4.79 Å². The van der Waals surface area contributed by atoms with Crippen LogP contribution in [0.2, 0.25) is 0 Å². The Morgan fingerprint density at radius 3 is 2.43 bits per heavy atom. The van der Waals surface area contributed by atoms with Gasteiger partial charge < -0.3 is 0 Å². The van der Waals surface area contributed by atoms with Crippen LogP contribution in [0.3, 0.4) is 0 Å². The topological polar surface area (TPSA) is 84.6 Å². The van der Waals surface area contributed by atoms with Crippen molar-refractivity contribution in [2.75, 3.05) is 0 Å². The molecule has 1 fully saturated rings. The Morgan fingerprint density at radius 1 is 1.30 bits per heavy atom. The highest BCUT2D eigenvalue weighted by molar-refractivity contribution is 5.86. The van der Waals surface area contributed by atoms with Crippen LogP contribution in [-0.4, -0.2) is 17.0 Å². The van der Waals surface area contributed by atoms with E-state index in [2.05, 4.69) is 30.5 Å². The predicted molar refractivity (Wildman–Crippen MR) is 89.0 cm³/mol. The van der Waals surface area contributed by atoms with E-state index in [0.717, 1.165) is 0 Å². The summed E-state index contributed by atoms with van der Waals surface area (Å²) in [6.07, 6.45) is 3.61. The molecule has 1 N–H and O–H groups in total. The molecule has 2 atom stereocenters. The molecule has 0 bridgehead atoms. The van der Waals surface area contributed by atoms with Crippen molar-refractivity contribution in [3.8, 4) is 0 Å². The maximum atomic E-state index is 12.2. The second-order valence-electron chi connectivity index (χ2n) is 6.65. The van der Waals surface area contributed by atoms with Gasteiger partial charge >= 0.3 is 0 Å². The molecule has 1 aromatic rings. The molecule has 0 aromatic heterocycles. The molecule has 6 nitrogen and oxygen atoms in total. The van der Waals surface area contributed by atoms with E-state index in [1.54, 1.807) is 12.1 Å². The first-order chi connectivity index (χ1) is 10.7. The van der Waals surface area contributed by atoms with Gasteiger partial charge in [0.05, 0.1) is 17.1 Å². The summed E-state index contributed by atoms with van der Waals surface area (Å²) < 4.78 is 0. The quantitative estimate of drug-likeness (QED) is 0.391. The van der Waals surface area contributed by atoms with Crippen molar-refractivity contribution in [1.29, 1.82) is 0 Å². The monoisotopic (exact) mass is 315 g/mol. The summed E-state index contributed by atoms with van der Waals surface area (Å²) in [4.78, 5) is 22.3. The van der Waals surface area contributed by atoms with Gasteiger partial charge in [0, 0.05) is 12.1 Å². The van der Waals surface area contributed by atoms with E-state index in [0.29, 0.717) is 5.56 Å². The highest BCUT2D eigenvalue weighted by Crippen LogP contribution is 2.59. The summed E-state index contributed by atoms with van der Waals surface area (Å²) in [7, 11) is 0. The molecular weight excluding hydrogens is 294 g/mol. The molecule has 1 amide bonds. The molecule has 1 aliphatic rings. The van der Waals surface area contributed by atoms with Crippen LogP contribution in [0.1, 0.15) is 33.3 Å². The van der Waals surface area contributed by atoms with Crippen molar-refractivity contribution in [1.82, 2.24) is 5.43 Å². The van der Waals surface area contributed by atoms with Gasteiger partial charge in [-0.25, -0.2) is 5.43 Å². The van der Waals surface area contributed by atoms with Gasteiger partial charge in [0.25, 0.3) is 5.69 Å². The summed E-state index contributed by atoms with van der Waals surface area (Å²) in [6.45, 7) is 8.19. The zero-order chi connectivity index (χ0) is 17.2. The number of benzene rings is 1. The molecule has 0 saturated heterocycles. The van der Waals surface area contributed by atoms with Gasteiger partial charge in [-0.3, -0.25) is 14.9 Å². The van der Waals surface area contributed by atoms with E-state index in [9.17, 15) is 14.9 Å². The average molecular weight is 315 g/mol. The van der Waals surface area contributed by atoms with E-state index in [1.165, 1.54) is 23.9 Å². The van der Waals surface area contributed by atoms with Gasteiger partial charge in [0.15, 0.2) is 0 Å². The van der Waals surface area contributed by atoms with Crippen LogP contribution in [0, 0.1) is 27.4 Å². The first-order valence-corrected chi connectivity index (χ1v) is 7.46. The number of allylic oxidation sites excluding steroid dienone is 2. The third kappa shape index (κ3) is 3.83. The number of nitrogens with zero attached hydrogens (tertiary/aromatic N) is 2. The molecule has 0 heterocycles. The molecule has 2 rings (SSSR count). The van der Waals surface area contributed by atoms with Crippen molar-refractivity contribution in [3.05, 3.63) is 51.6 Å². The molecule has 6 heteroatoms. The Balaban J connectivity index is 1.94. The minimum atomic E-state index is -0.457. The van der Waals surface area contributed by atoms with Crippen LogP contribution >= 0.6 is 0 Å². The summed E-state index contributed by atoms with van der Waals surface area (Å²) in [6, 6.07) is 5.97. The maximum Gasteiger partial charge on any atom is 0.269 e. The van der Waals surface area contributed by atoms with E-state index >= 15 is 0 Å². The number of nitro benzene ring substituents is 1. The molecule has 0 aliphatic heterocycles. The number of amides is 1.